The minimum absolute atomic E-state index is 0.103. The highest BCUT2D eigenvalue weighted by Crippen LogP contribution is 2.25. The van der Waals surface area contributed by atoms with Crippen LogP contribution in [-0.4, -0.2) is 63.9 Å². The number of thioether (sulfide) groups is 1. The van der Waals surface area contributed by atoms with Gasteiger partial charge in [-0.15, -0.1) is 0 Å². The summed E-state index contributed by atoms with van der Waals surface area (Å²) in [4.78, 5) is 47.5. The Morgan fingerprint density at radius 2 is 1.90 bits per heavy atom. The van der Waals surface area contributed by atoms with Crippen molar-refractivity contribution >= 4 is 52.0 Å². The molecule has 0 radical (unpaired) electrons. The van der Waals surface area contributed by atoms with Crippen molar-refractivity contribution in [3.8, 4) is 0 Å². The fraction of sp³-hybridized carbons (Fsp3) is 0.455. The van der Waals surface area contributed by atoms with Crippen LogP contribution in [0.4, 0.5) is 10.5 Å². The summed E-state index contributed by atoms with van der Waals surface area (Å²) >= 11 is 1.20. The van der Waals surface area contributed by atoms with Crippen molar-refractivity contribution in [1.29, 1.82) is 0 Å². The zero-order chi connectivity index (χ0) is 22.5. The Balaban J connectivity index is 1.69. The van der Waals surface area contributed by atoms with E-state index < -0.39 is 11.9 Å². The molecule has 8 nitrogen and oxygen atoms in total. The first-order valence-electron chi connectivity index (χ1n) is 10.5. The van der Waals surface area contributed by atoms with Crippen molar-refractivity contribution in [2.24, 2.45) is 15.9 Å². The number of carbonyl (C=O) groups excluding carboxylic acids is 3. The third-order valence-electron chi connectivity index (χ3n) is 5.21. The smallest absolute Gasteiger partial charge is 0.325 e. The summed E-state index contributed by atoms with van der Waals surface area (Å²) in [7, 11) is 3.03. The van der Waals surface area contributed by atoms with Crippen LogP contribution >= 0.6 is 11.8 Å². The Morgan fingerprint density at radius 1 is 1.19 bits per heavy atom. The van der Waals surface area contributed by atoms with Crippen LogP contribution in [0.25, 0.3) is 0 Å². The van der Waals surface area contributed by atoms with Crippen LogP contribution in [0.3, 0.4) is 0 Å². The molecule has 1 atom stereocenters. The fourth-order valence-corrected chi connectivity index (χ4v) is 4.26. The maximum Gasteiger partial charge on any atom is 0.445 e. The number of fused-ring (bicyclic) bond motifs is 1. The number of nitrogens with one attached hydrogen (secondary N) is 1. The predicted octanol–water partition coefficient (Wildman–Crippen LogP) is 3.17. The Bertz CT molecular complexity index is 981. The van der Waals surface area contributed by atoms with Crippen molar-refractivity contribution in [3.05, 3.63) is 29.8 Å². The number of unbranched alkanes of at least 4 members (excludes halogenated alkanes) is 1. The minimum Gasteiger partial charge on any atom is -0.325 e. The third kappa shape index (κ3) is 5.10. The first kappa shape index (κ1) is 22.9. The van der Waals surface area contributed by atoms with Gasteiger partial charge in [0.25, 0.3) is 5.84 Å². The van der Waals surface area contributed by atoms with Gasteiger partial charge in [0.15, 0.2) is 5.92 Å². The molecule has 0 bridgehead atoms. The lowest BCUT2D eigenvalue weighted by atomic mass is 10.0. The van der Waals surface area contributed by atoms with Crippen molar-refractivity contribution in [2.75, 3.05) is 25.2 Å². The first-order chi connectivity index (χ1) is 14.8. The van der Waals surface area contributed by atoms with E-state index in [1.54, 1.807) is 7.05 Å². The lowest BCUT2D eigenvalue weighted by molar-refractivity contribution is -0.407. The topological polar surface area (TPSA) is 94.2 Å². The lowest BCUT2D eigenvalue weighted by Crippen LogP contribution is -2.54. The minimum atomic E-state index is -0.765. The highest BCUT2D eigenvalue weighted by atomic mass is 32.2. The summed E-state index contributed by atoms with van der Waals surface area (Å²) in [5, 5.41) is 3.38. The van der Waals surface area contributed by atoms with E-state index in [0.29, 0.717) is 23.1 Å². The maximum atomic E-state index is 12.8. The van der Waals surface area contributed by atoms with Crippen molar-refractivity contribution in [2.45, 2.75) is 39.5 Å². The SMILES string of the molecule is CCCCc1ccc(NC(=O)CSC2=NC(CC)=NC3=[N+](C)C(=O)N(C)C(=O)C23)cc1. The normalized spacial score (nSPS) is 18.6. The number of rotatable bonds is 7. The molecule has 2 aliphatic heterocycles. The molecule has 0 aliphatic carbocycles. The van der Waals surface area contributed by atoms with Gasteiger partial charge < -0.3 is 5.32 Å². The van der Waals surface area contributed by atoms with E-state index in [-0.39, 0.29) is 17.6 Å². The van der Waals surface area contributed by atoms with E-state index in [4.69, 9.17) is 0 Å². The first-order valence-corrected chi connectivity index (χ1v) is 11.4. The highest BCUT2D eigenvalue weighted by molar-refractivity contribution is 8.14. The zero-order valence-electron chi connectivity index (χ0n) is 18.3. The number of aryl methyl sites for hydroxylation is 1. The van der Waals surface area contributed by atoms with E-state index in [9.17, 15) is 14.4 Å². The molecule has 2 aliphatic rings. The number of hydrogen-bond donors (Lipinski definition) is 1. The molecule has 0 spiro atoms. The van der Waals surface area contributed by atoms with Gasteiger partial charge in [-0.05, 0) is 30.5 Å². The second-order valence-corrected chi connectivity index (χ2v) is 8.49. The van der Waals surface area contributed by atoms with Crippen LogP contribution in [0.1, 0.15) is 38.7 Å². The molecule has 1 N–H and O–H groups in total. The van der Waals surface area contributed by atoms with E-state index in [1.165, 1.54) is 28.9 Å². The quantitative estimate of drug-likeness (QED) is 0.656. The lowest BCUT2D eigenvalue weighted by Gasteiger charge is -2.26. The van der Waals surface area contributed by atoms with Gasteiger partial charge in [-0.25, -0.2) is 9.79 Å². The van der Waals surface area contributed by atoms with Gasteiger partial charge in [0.2, 0.25) is 11.7 Å². The molecular weight excluding hydrogens is 414 g/mol. The molecule has 1 aromatic carbocycles. The largest absolute Gasteiger partial charge is 0.445 e. The summed E-state index contributed by atoms with van der Waals surface area (Å²) in [5.74, 6) is -0.326. The molecule has 4 amide bonds. The second-order valence-electron chi connectivity index (χ2n) is 7.50. The highest BCUT2D eigenvalue weighted by Gasteiger charge is 2.49. The molecule has 9 heteroatoms. The predicted molar refractivity (Wildman–Crippen MR) is 124 cm³/mol. The number of amidine groups is 2. The van der Waals surface area contributed by atoms with Gasteiger partial charge >= 0.3 is 11.9 Å². The number of aliphatic imine (C=N–C) groups is 2. The number of carbonyl (C=O) groups is 3. The summed E-state index contributed by atoms with van der Waals surface area (Å²) in [6.45, 7) is 4.06. The van der Waals surface area contributed by atoms with Crippen LogP contribution < -0.4 is 5.32 Å². The number of amides is 4. The summed E-state index contributed by atoms with van der Waals surface area (Å²) in [6.07, 6.45) is 3.87. The van der Waals surface area contributed by atoms with E-state index in [1.807, 2.05) is 31.2 Å². The number of nitrogens with zero attached hydrogens (tertiary/aromatic N) is 4. The molecule has 31 heavy (non-hydrogen) atoms. The molecular formula is C22H28N5O3S+. The monoisotopic (exact) mass is 442 g/mol. The number of urea groups is 1. The molecule has 1 aromatic rings. The second kappa shape index (κ2) is 10.00. The van der Waals surface area contributed by atoms with Crippen molar-refractivity contribution in [1.82, 2.24) is 4.90 Å². The van der Waals surface area contributed by atoms with Gasteiger partial charge in [0.05, 0.1) is 19.8 Å². The third-order valence-corrected chi connectivity index (χ3v) is 6.24. The van der Waals surface area contributed by atoms with Gasteiger partial charge in [-0.2, -0.15) is 9.48 Å². The van der Waals surface area contributed by atoms with Gasteiger partial charge in [0, 0.05) is 12.1 Å². The van der Waals surface area contributed by atoms with E-state index >= 15 is 0 Å². The van der Waals surface area contributed by atoms with Gasteiger partial charge in [-0.3, -0.25) is 9.59 Å². The molecule has 1 unspecified atom stereocenters. The van der Waals surface area contributed by atoms with Gasteiger partial charge in [-0.1, -0.05) is 49.2 Å². The molecule has 0 saturated heterocycles. The van der Waals surface area contributed by atoms with E-state index in [0.717, 1.165) is 29.8 Å². The molecule has 0 fully saturated rings. The Kier molecular flexibility index (Phi) is 7.37. The Hall–Kier alpha value is -2.81. The Labute approximate surface area is 186 Å². The van der Waals surface area contributed by atoms with Gasteiger partial charge in [0.1, 0.15) is 5.04 Å². The molecule has 3 rings (SSSR count). The van der Waals surface area contributed by atoms with Crippen LogP contribution in [-0.2, 0) is 16.0 Å². The van der Waals surface area contributed by atoms with Crippen molar-refractivity contribution < 1.29 is 19.0 Å². The number of benzene rings is 1. The number of hydrogen-bond acceptors (Lipinski definition) is 6. The molecule has 2 heterocycles. The van der Waals surface area contributed by atoms with Crippen LogP contribution in [0.2, 0.25) is 0 Å². The summed E-state index contributed by atoms with van der Waals surface area (Å²) in [6, 6.07) is 7.43. The van der Waals surface area contributed by atoms with Crippen molar-refractivity contribution in [3.63, 3.8) is 0 Å². The average molecular weight is 443 g/mol. The maximum absolute atomic E-state index is 12.8. The number of anilines is 1. The standard InChI is InChI=1S/C22H27N5O3S/c1-5-7-8-14-9-11-15(12-10-14)23-17(28)13-31-20-18-19(24-16(6-2)25-20)26(3)22(30)27(4)21(18)29/h9-12,18H,5-8,13H2,1-4H3/p+1. The summed E-state index contributed by atoms with van der Waals surface area (Å²) in [5.41, 5.74) is 1.98. The van der Waals surface area contributed by atoms with Crippen LogP contribution in [0.5, 0.6) is 0 Å². The number of imide groups is 1. The molecule has 164 valence electrons. The van der Waals surface area contributed by atoms with Crippen LogP contribution in [0.15, 0.2) is 34.3 Å². The fourth-order valence-electron chi connectivity index (χ4n) is 3.37. The Morgan fingerprint density at radius 3 is 2.55 bits per heavy atom. The van der Waals surface area contributed by atoms with E-state index in [2.05, 4.69) is 22.2 Å². The molecule has 0 saturated carbocycles. The average Bonchev–Trinajstić information content (AvgIpc) is 2.78. The van der Waals surface area contributed by atoms with Crippen LogP contribution in [0, 0.1) is 5.92 Å². The molecule has 0 aromatic heterocycles. The zero-order valence-corrected chi connectivity index (χ0v) is 19.2. The summed E-state index contributed by atoms with van der Waals surface area (Å²) < 4.78 is 1.37.